The Morgan fingerprint density at radius 3 is 2.50 bits per heavy atom. The molecule has 0 bridgehead atoms. The molecule has 0 radical (unpaired) electrons. The van der Waals surface area contributed by atoms with Crippen molar-refractivity contribution in [2.24, 2.45) is 5.73 Å². The van der Waals surface area contributed by atoms with Crippen LogP contribution >= 0.6 is 0 Å². The van der Waals surface area contributed by atoms with Crippen molar-refractivity contribution in [3.8, 4) is 0 Å². The van der Waals surface area contributed by atoms with Crippen LogP contribution in [0.25, 0.3) is 0 Å². The van der Waals surface area contributed by atoms with Crippen LogP contribution in [-0.4, -0.2) is 17.8 Å². The van der Waals surface area contributed by atoms with Gasteiger partial charge in [0, 0.05) is 18.6 Å². The quantitative estimate of drug-likeness (QED) is 0.775. The molecule has 0 amide bonds. The van der Waals surface area contributed by atoms with Crippen LogP contribution in [0.4, 0.5) is 0 Å². The van der Waals surface area contributed by atoms with Gasteiger partial charge in [0.25, 0.3) is 0 Å². The van der Waals surface area contributed by atoms with E-state index >= 15 is 0 Å². The first-order valence-electron chi connectivity index (χ1n) is 6.18. The topological polar surface area (TPSA) is 46.2 Å². The minimum atomic E-state index is 0.139. The number of aliphatic hydroxyl groups excluding tert-OH is 1. The van der Waals surface area contributed by atoms with Crippen molar-refractivity contribution in [2.75, 3.05) is 6.61 Å². The van der Waals surface area contributed by atoms with E-state index in [0.717, 1.165) is 19.3 Å². The molecule has 0 aliphatic heterocycles. The van der Waals surface area contributed by atoms with Gasteiger partial charge in [0.1, 0.15) is 0 Å². The number of aryl methyl sites for hydroxylation is 1. The van der Waals surface area contributed by atoms with Gasteiger partial charge in [-0.2, -0.15) is 0 Å². The second kappa shape index (κ2) is 6.66. The van der Waals surface area contributed by atoms with Crippen LogP contribution < -0.4 is 5.73 Å². The monoisotopic (exact) mass is 221 g/mol. The van der Waals surface area contributed by atoms with Crippen molar-refractivity contribution in [3.63, 3.8) is 0 Å². The first kappa shape index (κ1) is 13.2. The van der Waals surface area contributed by atoms with Gasteiger partial charge >= 0.3 is 0 Å². The molecule has 1 aromatic rings. The third-order valence-corrected chi connectivity index (χ3v) is 3.26. The molecule has 0 heterocycles. The van der Waals surface area contributed by atoms with Crippen LogP contribution in [0.3, 0.4) is 0 Å². The largest absolute Gasteiger partial charge is 0.396 e. The molecule has 0 spiro atoms. The standard InChI is InChI=1S/C14H23NO/c1-3-11-7-5-6-8-12(11)13(9-10-16)14(15)4-2/h5-8,13-14,16H,3-4,9-10,15H2,1-2H3. The highest BCUT2D eigenvalue weighted by atomic mass is 16.3. The van der Waals surface area contributed by atoms with Crippen LogP contribution in [0.15, 0.2) is 24.3 Å². The number of hydrogen-bond donors (Lipinski definition) is 2. The van der Waals surface area contributed by atoms with Crippen molar-refractivity contribution in [3.05, 3.63) is 35.4 Å². The SMILES string of the molecule is CCc1ccccc1C(CCO)C(N)CC. The van der Waals surface area contributed by atoms with Gasteiger partial charge in [0.05, 0.1) is 0 Å². The molecule has 1 aromatic carbocycles. The molecular formula is C14H23NO. The van der Waals surface area contributed by atoms with Crippen LogP contribution in [0.5, 0.6) is 0 Å². The molecule has 3 N–H and O–H groups in total. The third kappa shape index (κ3) is 3.06. The maximum absolute atomic E-state index is 9.15. The van der Waals surface area contributed by atoms with E-state index in [9.17, 15) is 0 Å². The summed E-state index contributed by atoms with van der Waals surface area (Å²) in [5.74, 6) is 0.283. The molecule has 90 valence electrons. The van der Waals surface area contributed by atoms with E-state index in [1.807, 2.05) is 0 Å². The average molecular weight is 221 g/mol. The Morgan fingerprint density at radius 1 is 1.25 bits per heavy atom. The van der Waals surface area contributed by atoms with Crippen molar-refractivity contribution >= 4 is 0 Å². The molecule has 2 nitrogen and oxygen atoms in total. The van der Waals surface area contributed by atoms with Gasteiger partial charge in [-0.3, -0.25) is 0 Å². The number of benzene rings is 1. The lowest BCUT2D eigenvalue weighted by molar-refractivity contribution is 0.266. The van der Waals surface area contributed by atoms with Crippen LogP contribution in [-0.2, 0) is 6.42 Å². The Hall–Kier alpha value is -0.860. The summed E-state index contributed by atoms with van der Waals surface area (Å²) in [6.07, 6.45) is 2.73. The van der Waals surface area contributed by atoms with E-state index in [2.05, 4.69) is 38.1 Å². The Labute approximate surface area is 98.5 Å². The van der Waals surface area contributed by atoms with Crippen LogP contribution in [0, 0.1) is 0 Å². The molecule has 0 aromatic heterocycles. The lowest BCUT2D eigenvalue weighted by Gasteiger charge is -2.24. The summed E-state index contributed by atoms with van der Waals surface area (Å²) >= 11 is 0. The third-order valence-electron chi connectivity index (χ3n) is 3.26. The highest BCUT2D eigenvalue weighted by Gasteiger charge is 2.19. The van der Waals surface area contributed by atoms with E-state index in [4.69, 9.17) is 10.8 Å². The number of rotatable bonds is 6. The fraction of sp³-hybridized carbons (Fsp3) is 0.571. The molecule has 16 heavy (non-hydrogen) atoms. The summed E-state index contributed by atoms with van der Waals surface area (Å²) in [5, 5.41) is 9.15. The van der Waals surface area contributed by atoms with Gasteiger partial charge in [-0.1, -0.05) is 38.1 Å². The molecule has 0 fully saturated rings. The number of hydrogen-bond acceptors (Lipinski definition) is 2. The van der Waals surface area contributed by atoms with E-state index in [0.29, 0.717) is 0 Å². The highest BCUT2D eigenvalue weighted by Crippen LogP contribution is 2.27. The van der Waals surface area contributed by atoms with Gasteiger partial charge in [-0.05, 0) is 30.4 Å². The summed E-state index contributed by atoms with van der Waals surface area (Å²) in [6, 6.07) is 8.56. The first-order valence-corrected chi connectivity index (χ1v) is 6.18. The van der Waals surface area contributed by atoms with Crippen molar-refractivity contribution < 1.29 is 5.11 Å². The van der Waals surface area contributed by atoms with Gasteiger partial charge < -0.3 is 10.8 Å². The summed E-state index contributed by atoms with van der Waals surface area (Å²) in [5.41, 5.74) is 8.81. The van der Waals surface area contributed by atoms with Crippen molar-refractivity contribution in [1.29, 1.82) is 0 Å². The fourth-order valence-electron chi connectivity index (χ4n) is 2.24. The van der Waals surface area contributed by atoms with Crippen LogP contribution in [0.2, 0.25) is 0 Å². The van der Waals surface area contributed by atoms with E-state index in [-0.39, 0.29) is 18.6 Å². The van der Waals surface area contributed by atoms with Gasteiger partial charge in [-0.25, -0.2) is 0 Å². The summed E-state index contributed by atoms with van der Waals surface area (Å²) in [6.45, 7) is 4.46. The lowest BCUT2D eigenvalue weighted by Crippen LogP contribution is -2.29. The Balaban J connectivity index is 2.99. The second-order valence-electron chi connectivity index (χ2n) is 4.24. The molecule has 0 aliphatic rings. The normalized spacial score (nSPS) is 14.8. The van der Waals surface area contributed by atoms with Crippen molar-refractivity contribution in [1.82, 2.24) is 0 Å². The smallest absolute Gasteiger partial charge is 0.0437 e. The van der Waals surface area contributed by atoms with E-state index in [1.54, 1.807) is 0 Å². The average Bonchev–Trinajstić information content (AvgIpc) is 2.35. The zero-order chi connectivity index (χ0) is 12.0. The number of nitrogens with two attached hydrogens (primary N) is 1. The first-order chi connectivity index (χ1) is 7.74. The van der Waals surface area contributed by atoms with Gasteiger partial charge in [0.2, 0.25) is 0 Å². The minimum Gasteiger partial charge on any atom is -0.396 e. The van der Waals surface area contributed by atoms with Crippen LogP contribution in [0.1, 0.15) is 43.7 Å². The zero-order valence-corrected chi connectivity index (χ0v) is 10.3. The molecule has 2 atom stereocenters. The molecule has 0 saturated carbocycles. The van der Waals surface area contributed by atoms with E-state index in [1.165, 1.54) is 11.1 Å². The van der Waals surface area contributed by atoms with Crippen molar-refractivity contribution in [2.45, 2.75) is 45.1 Å². The summed E-state index contributed by atoms with van der Waals surface area (Å²) < 4.78 is 0. The van der Waals surface area contributed by atoms with Gasteiger partial charge in [-0.15, -0.1) is 0 Å². The fourth-order valence-corrected chi connectivity index (χ4v) is 2.24. The minimum absolute atomic E-state index is 0.139. The Bertz CT molecular complexity index is 311. The summed E-state index contributed by atoms with van der Waals surface area (Å²) in [4.78, 5) is 0. The molecule has 1 rings (SSSR count). The molecule has 2 heteroatoms. The molecule has 0 saturated heterocycles. The number of aliphatic hydroxyl groups is 1. The Morgan fingerprint density at radius 2 is 1.94 bits per heavy atom. The summed E-state index contributed by atoms with van der Waals surface area (Å²) in [7, 11) is 0. The second-order valence-corrected chi connectivity index (χ2v) is 4.24. The van der Waals surface area contributed by atoms with Gasteiger partial charge in [0.15, 0.2) is 0 Å². The zero-order valence-electron chi connectivity index (χ0n) is 10.3. The predicted octanol–water partition coefficient (Wildman–Crippen LogP) is 2.45. The predicted molar refractivity (Wildman–Crippen MR) is 68.5 cm³/mol. The molecule has 0 aliphatic carbocycles. The molecule has 2 unspecified atom stereocenters. The maximum Gasteiger partial charge on any atom is 0.0437 e. The Kier molecular flexibility index (Phi) is 5.50. The van der Waals surface area contributed by atoms with E-state index < -0.39 is 0 Å². The lowest BCUT2D eigenvalue weighted by atomic mass is 9.84. The maximum atomic E-state index is 9.15. The highest BCUT2D eigenvalue weighted by molar-refractivity contribution is 5.31. The molecular weight excluding hydrogens is 198 g/mol.